The summed E-state index contributed by atoms with van der Waals surface area (Å²) in [5.41, 5.74) is 6.30. The van der Waals surface area contributed by atoms with E-state index in [1.165, 1.54) is 0 Å². The summed E-state index contributed by atoms with van der Waals surface area (Å²) in [6, 6.07) is 6.65. The zero-order valence-electron chi connectivity index (χ0n) is 10.8. The summed E-state index contributed by atoms with van der Waals surface area (Å²) in [5.74, 6) is -0.382. The van der Waals surface area contributed by atoms with Crippen LogP contribution in [-0.4, -0.2) is 9.97 Å². The van der Waals surface area contributed by atoms with Crippen molar-refractivity contribution >= 4 is 17.7 Å². The Balaban J connectivity index is 2.39. The topological polar surface area (TPSA) is 51.8 Å². The Morgan fingerprint density at radius 1 is 1.10 bits per heavy atom. The minimum Gasteiger partial charge on any atom is -0.368 e. The number of nitrogens with zero attached hydrogens (tertiary/aromatic N) is 2. The number of nitrogens with two attached hydrogens (primary N) is 1. The van der Waals surface area contributed by atoms with Gasteiger partial charge >= 0.3 is 6.18 Å². The van der Waals surface area contributed by atoms with Crippen molar-refractivity contribution < 1.29 is 13.2 Å². The molecule has 7 heteroatoms. The highest BCUT2D eigenvalue weighted by molar-refractivity contribution is 7.99. The lowest BCUT2D eigenvalue weighted by Crippen LogP contribution is -2.11. The van der Waals surface area contributed by atoms with Crippen LogP contribution < -0.4 is 5.73 Å². The van der Waals surface area contributed by atoms with E-state index in [9.17, 15) is 13.2 Å². The Labute approximate surface area is 118 Å². The molecule has 1 heterocycles. The fraction of sp³-hybridized carbons (Fsp3) is 0.231. The van der Waals surface area contributed by atoms with E-state index in [1.54, 1.807) is 0 Å². The third-order valence-electron chi connectivity index (χ3n) is 2.57. The molecule has 106 valence electrons. The van der Waals surface area contributed by atoms with Gasteiger partial charge in [-0.05, 0) is 31.0 Å². The molecule has 0 spiro atoms. The number of halogens is 3. The second-order valence-electron chi connectivity index (χ2n) is 4.32. The molecule has 2 rings (SSSR count). The molecule has 1 aromatic heterocycles. The molecule has 0 bridgehead atoms. The number of nitrogen functional groups attached to an aromatic ring is 1. The lowest BCUT2D eigenvalue weighted by atomic mass is 10.2. The molecular weight excluding hydrogens is 287 g/mol. The standard InChI is InChI=1S/C13H12F3N3S/c1-7-3-4-8(2)9(5-7)20-11-6-10(13(14,15)16)18-12(17)19-11/h3-6H,1-2H3,(H2,17,18,19). The maximum absolute atomic E-state index is 12.7. The molecule has 0 radical (unpaired) electrons. The Morgan fingerprint density at radius 3 is 2.45 bits per heavy atom. The quantitative estimate of drug-likeness (QED) is 0.856. The highest BCUT2D eigenvalue weighted by Gasteiger charge is 2.33. The van der Waals surface area contributed by atoms with E-state index >= 15 is 0 Å². The number of benzene rings is 1. The summed E-state index contributed by atoms with van der Waals surface area (Å²) in [5, 5.41) is 0.179. The number of hydrogen-bond acceptors (Lipinski definition) is 4. The van der Waals surface area contributed by atoms with Crippen molar-refractivity contribution in [2.75, 3.05) is 5.73 Å². The first kappa shape index (κ1) is 14.6. The van der Waals surface area contributed by atoms with E-state index in [0.717, 1.165) is 33.9 Å². The van der Waals surface area contributed by atoms with Crippen LogP contribution in [0.15, 0.2) is 34.2 Å². The fourth-order valence-electron chi connectivity index (χ4n) is 1.57. The molecule has 0 fully saturated rings. The molecule has 0 saturated carbocycles. The number of hydrogen-bond donors (Lipinski definition) is 1. The van der Waals surface area contributed by atoms with Crippen LogP contribution >= 0.6 is 11.8 Å². The molecule has 0 atom stereocenters. The highest BCUT2D eigenvalue weighted by Crippen LogP contribution is 2.34. The van der Waals surface area contributed by atoms with E-state index in [4.69, 9.17) is 5.73 Å². The van der Waals surface area contributed by atoms with Gasteiger partial charge in [-0.3, -0.25) is 0 Å². The van der Waals surface area contributed by atoms with E-state index in [2.05, 4.69) is 9.97 Å². The van der Waals surface area contributed by atoms with Crippen LogP contribution in [-0.2, 0) is 6.18 Å². The third kappa shape index (κ3) is 3.41. The number of aromatic nitrogens is 2. The van der Waals surface area contributed by atoms with Gasteiger partial charge in [0.25, 0.3) is 0 Å². The van der Waals surface area contributed by atoms with Crippen LogP contribution in [0.1, 0.15) is 16.8 Å². The molecule has 3 nitrogen and oxygen atoms in total. The van der Waals surface area contributed by atoms with Crippen molar-refractivity contribution in [2.45, 2.75) is 29.9 Å². The third-order valence-corrected chi connectivity index (χ3v) is 3.65. The SMILES string of the molecule is Cc1ccc(C)c(Sc2cc(C(F)(F)F)nc(N)n2)c1. The first-order chi connectivity index (χ1) is 9.25. The minimum absolute atomic E-state index is 0.179. The lowest BCUT2D eigenvalue weighted by Gasteiger charge is -2.10. The lowest BCUT2D eigenvalue weighted by molar-refractivity contribution is -0.141. The second-order valence-corrected chi connectivity index (χ2v) is 5.38. The van der Waals surface area contributed by atoms with Crippen LogP contribution in [0.25, 0.3) is 0 Å². The van der Waals surface area contributed by atoms with E-state index in [1.807, 2.05) is 32.0 Å². The largest absolute Gasteiger partial charge is 0.433 e. The number of alkyl halides is 3. The van der Waals surface area contributed by atoms with Gasteiger partial charge in [-0.25, -0.2) is 9.97 Å². The van der Waals surface area contributed by atoms with Gasteiger partial charge in [0, 0.05) is 11.0 Å². The minimum atomic E-state index is -4.53. The molecule has 0 unspecified atom stereocenters. The Hall–Kier alpha value is -1.76. The van der Waals surface area contributed by atoms with Crippen LogP contribution in [0.5, 0.6) is 0 Å². The molecular formula is C13H12F3N3S. The van der Waals surface area contributed by atoms with Crippen molar-refractivity contribution in [3.05, 3.63) is 41.1 Å². The summed E-state index contributed by atoms with van der Waals surface area (Å²) < 4.78 is 38.0. The molecule has 0 aliphatic rings. The number of aryl methyl sites for hydroxylation is 2. The van der Waals surface area contributed by atoms with Gasteiger partial charge < -0.3 is 5.73 Å². The zero-order chi connectivity index (χ0) is 14.9. The molecule has 0 amide bonds. The fourth-order valence-corrected chi connectivity index (χ4v) is 2.58. The van der Waals surface area contributed by atoms with Gasteiger partial charge in [0.15, 0.2) is 5.69 Å². The number of anilines is 1. The maximum Gasteiger partial charge on any atom is 0.433 e. The predicted molar refractivity (Wildman–Crippen MR) is 71.5 cm³/mol. The van der Waals surface area contributed by atoms with Crippen LogP contribution in [0.4, 0.5) is 19.1 Å². The second kappa shape index (κ2) is 5.32. The zero-order valence-corrected chi connectivity index (χ0v) is 11.6. The normalized spacial score (nSPS) is 11.7. The molecule has 0 saturated heterocycles. The van der Waals surface area contributed by atoms with Crippen LogP contribution in [0.2, 0.25) is 0 Å². The average Bonchev–Trinajstić information content (AvgIpc) is 2.32. The molecule has 0 aliphatic heterocycles. The van der Waals surface area contributed by atoms with Gasteiger partial charge in [-0.2, -0.15) is 13.2 Å². The summed E-state index contributed by atoms with van der Waals surface area (Å²) in [7, 11) is 0. The van der Waals surface area contributed by atoms with Gasteiger partial charge in [0.1, 0.15) is 5.03 Å². The van der Waals surface area contributed by atoms with Crippen molar-refractivity contribution in [2.24, 2.45) is 0 Å². The molecule has 2 N–H and O–H groups in total. The van der Waals surface area contributed by atoms with E-state index < -0.39 is 11.9 Å². The summed E-state index contributed by atoms with van der Waals surface area (Å²) in [6.45, 7) is 3.80. The van der Waals surface area contributed by atoms with E-state index in [0.29, 0.717) is 0 Å². The van der Waals surface area contributed by atoms with Crippen molar-refractivity contribution in [1.82, 2.24) is 9.97 Å². The average molecular weight is 299 g/mol. The predicted octanol–water partition coefficient (Wildman–Crippen LogP) is 3.85. The summed E-state index contributed by atoms with van der Waals surface area (Å²) >= 11 is 1.14. The first-order valence-electron chi connectivity index (χ1n) is 5.72. The van der Waals surface area contributed by atoms with Crippen molar-refractivity contribution in [1.29, 1.82) is 0 Å². The monoisotopic (exact) mass is 299 g/mol. The summed E-state index contributed by atoms with van der Waals surface area (Å²) in [4.78, 5) is 7.90. The van der Waals surface area contributed by atoms with Crippen molar-refractivity contribution in [3.63, 3.8) is 0 Å². The van der Waals surface area contributed by atoms with Crippen LogP contribution in [0.3, 0.4) is 0 Å². The molecule has 20 heavy (non-hydrogen) atoms. The van der Waals surface area contributed by atoms with Crippen molar-refractivity contribution in [3.8, 4) is 0 Å². The first-order valence-corrected chi connectivity index (χ1v) is 6.54. The molecule has 1 aromatic carbocycles. The van der Waals surface area contributed by atoms with E-state index in [-0.39, 0.29) is 11.0 Å². The van der Waals surface area contributed by atoms with Crippen LogP contribution in [0, 0.1) is 13.8 Å². The van der Waals surface area contributed by atoms with Gasteiger partial charge in [-0.1, -0.05) is 23.9 Å². The Morgan fingerprint density at radius 2 is 1.80 bits per heavy atom. The Kier molecular flexibility index (Phi) is 3.89. The van der Waals surface area contributed by atoms with Gasteiger partial charge in [0.2, 0.25) is 5.95 Å². The molecule has 0 aliphatic carbocycles. The van der Waals surface area contributed by atoms with Gasteiger partial charge in [-0.15, -0.1) is 0 Å². The Bertz CT molecular complexity index is 641. The van der Waals surface area contributed by atoms with Gasteiger partial charge in [0.05, 0.1) is 0 Å². The maximum atomic E-state index is 12.7. The summed E-state index contributed by atoms with van der Waals surface area (Å²) in [6.07, 6.45) is -4.53. The highest BCUT2D eigenvalue weighted by atomic mass is 32.2. The number of rotatable bonds is 2. The molecule has 2 aromatic rings. The smallest absolute Gasteiger partial charge is 0.368 e.